The molecule has 36 heavy (non-hydrogen) atoms. The van der Waals surface area contributed by atoms with Crippen molar-refractivity contribution in [3.05, 3.63) is 53.1 Å². The molecule has 2 unspecified atom stereocenters. The molecule has 8 heteroatoms. The maximum absolute atomic E-state index is 12.8. The minimum atomic E-state index is -1.62. The molecule has 0 aliphatic carbocycles. The molecule has 2 N–H and O–H groups in total. The topological polar surface area (TPSA) is 83.8 Å². The fraction of sp³-hybridized carbons (Fsp3) is 0.464. The number of aliphatic hydroxyl groups is 1. The Balaban J connectivity index is 0.00000176. The van der Waals surface area contributed by atoms with Gasteiger partial charge in [0.2, 0.25) is 0 Å². The maximum atomic E-state index is 12.8. The van der Waals surface area contributed by atoms with Gasteiger partial charge in [-0.25, -0.2) is 8.51 Å². The zero-order valence-corrected chi connectivity index (χ0v) is 23.2. The van der Waals surface area contributed by atoms with Crippen LogP contribution in [0.2, 0.25) is 0 Å². The van der Waals surface area contributed by atoms with Gasteiger partial charge >= 0.3 is 0 Å². The Kier molecular flexibility index (Phi) is 9.33. The molecule has 0 fully saturated rings. The van der Waals surface area contributed by atoms with Gasteiger partial charge in [0.25, 0.3) is 5.91 Å². The average molecular weight is 514 g/mol. The quantitative estimate of drug-likeness (QED) is 0.382. The first-order valence-corrected chi connectivity index (χ1v) is 13.9. The number of rotatable bonds is 9. The van der Waals surface area contributed by atoms with E-state index >= 15 is 0 Å². The zero-order valence-electron chi connectivity index (χ0n) is 22.4. The normalized spacial score (nSPS) is 14.9. The standard InChI is InChI=1S/C26H33N3O4S.C2H6/c1-6-8-16(9-7-2)23-20-12-10-17(25(30)27-34(32)28(3)4)14-22(20)29-24(23)19-13-11-18(33-5)15-21(19)26(29)31;1-2/h10-16,26,31H,6-9H2,1-5H3,(H,27,30);1-2H3. The molecule has 0 saturated carbocycles. The van der Waals surface area contributed by atoms with E-state index in [1.165, 1.54) is 9.87 Å². The molecule has 1 aliphatic heterocycles. The Bertz CT molecular complexity index is 1250. The minimum Gasteiger partial charge on any atom is -0.497 e. The summed E-state index contributed by atoms with van der Waals surface area (Å²) >= 11 is -1.62. The van der Waals surface area contributed by atoms with E-state index in [9.17, 15) is 14.1 Å². The Morgan fingerprint density at radius 3 is 2.39 bits per heavy atom. The van der Waals surface area contributed by atoms with Crippen LogP contribution in [0.1, 0.15) is 87.0 Å². The molecule has 4 rings (SSSR count). The number of nitrogens with one attached hydrogen (secondary N) is 1. The van der Waals surface area contributed by atoms with E-state index in [0.29, 0.717) is 17.2 Å². The number of hydrogen-bond acceptors (Lipinski definition) is 4. The molecule has 2 heterocycles. The minimum absolute atomic E-state index is 0.343. The molecule has 1 aliphatic rings. The summed E-state index contributed by atoms with van der Waals surface area (Å²) in [6, 6.07) is 11.4. The van der Waals surface area contributed by atoms with Crippen molar-refractivity contribution in [3.8, 4) is 17.0 Å². The molecular formula is C28H39N3O4S. The third-order valence-electron chi connectivity index (χ3n) is 6.54. The summed E-state index contributed by atoms with van der Waals surface area (Å²) in [7, 11) is 4.88. The Morgan fingerprint density at radius 2 is 1.81 bits per heavy atom. The molecule has 3 aromatic rings. The van der Waals surface area contributed by atoms with E-state index in [2.05, 4.69) is 18.6 Å². The van der Waals surface area contributed by atoms with Crippen LogP contribution in [-0.2, 0) is 11.2 Å². The number of fused-ring (bicyclic) bond motifs is 5. The van der Waals surface area contributed by atoms with Crippen molar-refractivity contribution in [2.45, 2.75) is 65.5 Å². The summed E-state index contributed by atoms with van der Waals surface area (Å²) in [4.78, 5) is 12.8. The number of amides is 1. The van der Waals surface area contributed by atoms with E-state index in [0.717, 1.165) is 53.4 Å². The number of carbonyl (C=O) groups is 1. The summed E-state index contributed by atoms with van der Waals surface area (Å²) in [5.74, 6) is 0.616. The van der Waals surface area contributed by atoms with Crippen LogP contribution in [0, 0.1) is 0 Å². The lowest BCUT2D eigenvalue weighted by Gasteiger charge is -2.17. The second-order valence-corrected chi connectivity index (χ2v) is 10.4. The van der Waals surface area contributed by atoms with E-state index in [4.69, 9.17) is 4.74 Å². The first-order valence-electron chi connectivity index (χ1n) is 12.8. The van der Waals surface area contributed by atoms with Gasteiger partial charge in [0.1, 0.15) is 5.75 Å². The van der Waals surface area contributed by atoms with Crippen molar-refractivity contribution in [2.24, 2.45) is 0 Å². The highest BCUT2D eigenvalue weighted by Gasteiger charge is 2.35. The number of hydrogen-bond donors (Lipinski definition) is 2. The van der Waals surface area contributed by atoms with Crippen molar-refractivity contribution in [1.82, 2.24) is 13.6 Å². The van der Waals surface area contributed by atoms with Crippen LogP contribution in [0.25, 0.3) is 22.2 Å². The molecule has 1 amide bonds. The fourth-order valence-corrected chi connectivity index (χ4v) is 5.47. The van der Waals surface area contributed by atoms with Gasteiger partial charge in [0.15, 0.2) is 17.4 Å². The Morgan fingerprint density at radius 1 is 1.14 bits per heavy atom. The lowest BCUT2D eigenvalue weighted by molar-refractivity contribution is 0.0981. The largest absolute Gasteiger partial charge is 0.497 e. The molecule has 0 bridgehead atoms. The van der Waals surface area contributed by atoms with E-state index in [-0.39, 0.29) is 0 Å². The number of nitrogens with zero attached hydrogens (tertiary/aromatic N) is 2. The summed E-state index contributed by atoms with van der Waals surface area (Å²) in [5.41, 5.74) is 5.24. The van der Waals surface area contributed by atoms with Crippen LogP contribution in [0.15, 0.2) is 36.4 Å². The molecule has 0 saturated heterocycles. The lowest BCUT2D eigenvalue weighted by atomic mass is 9.86. The Labute approximate surface area is 217 Å². The van der Waals surface area contributed by atoms with Crippen LogP contribution in [0.5, 0.6) is 5.75 Å². The van der Waals surface area contributed by atoms with E-state index in [1.807, 2.05) is 42.7 Å². The number of methoxy groups -OCH3 is 1. The first-order chi connectivity index (χ1) is 17.3. The van der Waals surface area contributed by atoms with Gasteiger partial charge in [0.05, 0.1) is 18.3 Å². The van der Waals surface area contributed by atoms with Crippen LogP contribution in [-0.4, -0.2) is 45.3 Å². The third kappa shape index (κ3) is 5.08. The zero-order chi connectivity index (χ0) is 26.6. The molecule has 196 valence electrons. The molecule has 7 nitrogen and oxygen atoms in total. The summed E-state index contributed by atoms with van der Waals surface area (Å²) < 4.78 is 23.4. The van der Waals surface area contributed by atoms with Crippen LogP contribution < -0.4 is 9.46 Å². The summed E-state index contributed by atoms with van der Waals surface area (Å²) in [6.45, 7) is 8.39. The van der Waals surface area contributed by atoms with Gasteiger partial charge in [0, 0.05) is 36.2 Å². The van der Waals surface area contributed by atoms with Gasteiger partial charge in [-0.05, 0) is 54.7 Å². The smallest absolute Gasteiger partial charge is 0.264 e. The molecule has 0 spiro atoms. The van der Waals surface area contributed by atoms with Crippen molar-refractivity contribution in [2.75, 3.05) is 21.2 Å². The van der Waals surface area contributed by atoms with Crippen LogP contribution >= 0.6 is 0 Å². The van der Waals surface area contributed by atoms with Gasteiger partial charge in [-0.1, -0.05) is 46.6 Å². The molecule has 0 radical (unpaired) electrons. The molecule has 2 aromatic carbocycles. The van der Waals surface area contributed by atoms with Gasteiger partial charge < -0.3 is 14.4 Å². The van der Waals surface area contributed by atoms with Crippen LogP contribution in [0.4, 0.5) is 0 Å². The predicted octanol–water partition coefficient (Wildman–Crippen LogP) is 5.75. The highest BCUT2D eigenvalue weighted by Crippen LogP contribution is 2.50. The van der Waals surface area contributed by atoms with Gasteiger partial charge in [-0.3, -0.25) is 9.52 Å². The average Bonchev–Trinajstić information content (AvgIpc) is 3.36. The lowest BCUT2D eigenvalue weighted by Crippen LogP contribution is -2.34. The second-order valence-electron chi connectivity index (χ2n) is 8.96. The first kappa shape index (κ1) is 27.9. The number of aliphatic hydroxyl groups excluding tert-OH is 1. The Hall–Kier alpha value is -2.68. The molecule has 1 aromatic heterocycles. The van der Waals surface area contributed by atoms with Crippen molar-refractivity contribution in [1.29, 1.82) is 0 Å². The van der Waals surface area contributed by atoms with E-state index < -0.39 is 23.3 Å². The molecular weight excluding hydrogens is 474 g/mol. The highest BCUT2D eigenvalue weighted by atomic mass is 32.2. The third-order valence-corrected chi connectivity index (χ3v) is 7.56. The highest BCUT2D eigenvalue weighted by molar-refractivity contribution is 7.81. The molecule has 2 atom stereocenters. The van der Waals surface area contributed by atoms with Crippen molar-refractivity contribution >= 4 is 28.0 Å². The van der Waals surface area contributed by atoms with Gasteiger partial charge in [-0.2, -0.15) is 0 Å². The monoisotopic (exact) mass is 513 g/mol. The van der Waals surface area contributed by atoms with Crippen molar-refractivity contribution in [3.63, 3.8) is 0 Å². The summed E-state index contributed by atoms with van der Waals surface area (Å²) in [6.07, 6.45) is 3.34. The number of aromatic nitrogens is 1. The fourth-order valence-electron chi connectivity index (χ4n) is 5.02. The van der Waals surface area contributed by atoms with Gasteiger partial charge in [-0.15, -0.1) is 0 Å². The number of ether oxygens (including phenoxy) is 1. The summed E-state index contributed by atoms with van der Waals surface area (Å²) in [5, 5.41) is 12.5. The second kappa shape index (κ2) is 12.0. The number of benzene rings is 2. The number of carbonyl (C=O) groups excluding carboxylic acids is 1. The van der Waals surface area contributed by atoms with Crippen molar-refractivity contribution < 1.29 is 18.8 Å². The van der Waals surface area contributed by atoms with E-state index in [1.54, 1.807) is 33.3 Å². The van der Waals surface area contributed by atoms with Crippen LogP contribution in [0.3, 0.4) is 0 Å². The SMILES string of the molecule is CC.CCCC(CCC)c1c2n(c3cc(C(=O)NS(=O)N(C)C)ccc13)C(O)c1cc(OC)ccc1-2. The maximum Gasteiger partial charge on any atom is 0.264 e. The predicted molar refractivity (Wildman–Crippen MR) is 147 cm³/mol.